The van der Waals surface area contributed by atoms with Gasteiger partial charge in [0.2, 0.25) is 0 Å². The Morgan fingerprint density at radius 2 is 2.08 bits per heavy atom. The van der Waals surface area contributed by atoms with E-state index in [1.807, 2.05) is 20.9 Å². The van der Waals surface area contributed by atoms with E-state index in [1.54, 1.807) is 6.92 Å². The molecule has 1 unspecified atom stereocenters. The Labute approximate surface area is 73.2 Å². The number of aryl methyl sites for hydroxylation is 2. The van der Waals surface area contributed by atoms with Crippen molar-refractivity contribution in [1.82, 2.24) is 4.57 Å². The Balaban J connectivity index is 2.97. The van der Waals surface area contributed by atoms with Crippen LogP contribution in [-0.4, -0.2) is 10.7 Å². The predicted octanol–water partition coefficient (Wildman–Crippen LogP) is 2.54. The van der Waals surface area contributed by atoms with Crippen molar-refractivity contribution in [1.29, 1.82) is 0 Å². The van der Waals surface area contributed by atoms with E-state index in [0.29, 0.717) is 6.42 Å². The van der Waals surface area contributed by atoms with Gasteiger partial charge in [-0.15, -0.1) is 0 Å². The fourth-order valence-electron chi connectivity index (χ4n) is 1.54. The molecule has 0 aliphatic carbocycles. The Morgan fingerprint density at radius 3 is 2.42 bits per heavy atom. The van der Waals surface area contributed by atoms with Crippen molar-refractivity contribution in [2.24, 2.45) is 7.05 Å². The van der Waals surface area contributed by atoms with E-state index in [-0.39, 0.29) is 0 Å². The monoisotopic (exact) mass is 169 g/mol. The Hall–Kier alpha value is -0.790. The van der Waals surface area contributed by atoms with E-state index in [4.69, 9.17) is 0 Å². The molecule has 1 nitrogen and oxygen atoms in total. The molecule has 0 amide bonds. The van der Waals surface area contributed by atoms with Gasteiger partial charge >= 0.3 is 0 Å². The first-order valence-electron chi connectivity index (χ1n) is 4.28. The summed E-state index contributed by atoms with van der Waals surface area (Å²) in [6, 6.07) is 2.09. The van der Waals surface area contributed by atoms with Crippen LogP contribution in [0.4, 0.5) is 4.39 Å². The summed E-state index contributed by atoms with van der Waals surface area (Å²) >= 11 is 0. The van der Waals surface area contributed by atoms with Gasteiger partial charge in [-0.3, -0.25) is 0 Å². The molecule has 0 saturated carbocycles. The van der Waals surface area contributed by atoms with Gasteiger partial charge in [-0.25, -0.2) is 4.39 Å². The molecule has 1 rings (SSSR count). The van der Waals surface area contributed by atoms with Crippen molar-refractivity contribution in [2.45, 2.75) is 33.4 Å². The second-order valence-corrected chi connectivity index (χ2v) is 3.46. The molecule has 0 N–H and O–H groups in total. The number of hydrogen-bond acceptors (Lipinski definition) is 0. The second-order valence-electron chi connectivity index (χ2n) is 3.46. The van der Waals surface area contributed by atoms with Gasteiger partial charge in [0.05, 0.1) is 0 Å². The molecule has 68 valence electrons. The highest BCUT2D eigenvalue weighted by Crippen LogP contribution is 2.15. The van der Waals surface area contributed by atoms with Gasteiger partial charge in [0.25, 0.3) is 0 Å². The minimum absolute atomic E-state index is 0.524. The van der Waals surface area contributed by atoms with Crippen molar-refractivity contribution in [3.8, 4) is 0 Å². The standard InChI is InChI=1S/C10H16FN/c1-7-5-9(3)12(4)10(7)6-8(2)11/h5,8H,6H2,1-4H3. The smallest absolute Gasteiger partial charge is 0.103 e. The second kappa shape index (κ2) is 3.30. The zero-order valence-electron chi connectivity index (χ0n) is 8.19. The number of rotatable bonds is 2. The third-order valence-corrected chi connectivity index (χ3v) is 2.29. The van der Waals surface area contributed by atoms with E-state index in [9.17, 15) is 4.39 Å². The molecule has 0 spiro atoms. The molecular weight excluding hydrogens is 153 g/mol. The maximum Gasteiger partial charge on any atom is 0.103 e. The predicted molar refractivity (Wildman–Crippen MR) is 49.2 cm³/mol. The molecule has 2 heteroatoms. The van der Waals surface area contributed by atoms with E-state index < -0.39 is 6.17 Å². The summed E-state index contributed by atoms with van der Waals surface area (Å²) in [5.41, 5.74) is 3.50. The van der Waals surface area contributed by atoms with Crippen LogP contribution < -0.4 is 0 Å². The molecule has 1 aromatic rings. The number of hydrogen-bond donors (Lipinski definition) is 0. The maximum atomic E-state index is 12.7. The summed E-state index contributed by atoms with van der Waals surface area (Å²) in [6.45, 7) is 5.67. The normalized spacial score (nSPS) is 13.4. The molecule has 0 aliphatic rings. The van der Waals surface area contributed by atoms with Gasteiger partial charge in [0.15, 0.2) is 0 Å². The van der Waals surface area contributed by atoms with E-state index in [2.05, 4.69) is 10.6 Å². The summed E-state index contributed by atoms with van der Waals surface area (Å²) in [5.74, 6) is 0. The lowest BCUT2D eigenvalue weighted by molar-refractivity contribution is 0.354. The van der Waals surface area contributed by atoms with Crippen molar-refractivity contribution < 1.29 is 4.39 Å². The first kappa shape index (κ1) is 9.30. The summed E-state index contributed by atoms with van der Waals surface area (Å²) in [4.78, 5) is 0. The third-order valence-electron chi connectivity index (χ3n) is 2.29. The number of aromatic nitrogens is 1. The largest absolute Gasteiger partial charge is 0.352 e. The summed E-state index contributed by atoms with van der Waals surface area (Å²) in [6.07, 6.45) is -0.229. The van der Waals surface area contributed by atoms with Gasteiger partial charge < -0.3 is 4.57 Å². The van der Waals surface area contributed by atoms with Crippen molar-refractivity contribution in [3.05, 3.63) is 23.0 Å². The van der Waals surface area contributed by atoms with Crippen LogP contribution in [-0.2, 0) is 13.5 Å². The molecule has 0 aliphatic heterocycles. The molecule has 0 fully saturated rings. The van der Waals surface area contributed by atoms with Gasteiger partial charge in [-0.05, 0) is 32.4 Å². The van der Waals surface area contributed by atoms with Crippen LogP contribution in [0.5, 0.6) is 0 Å². The average molecular weight is 169 g/mol. The van der Waals surface area contributed by atoms with Crippen LogP contribution in [0.25, 0.3) is 0 Å². The first-order chi connectivity index (χ1) is 5.52. The Bertz CT molecular complexity index is 274. The van der Waals surface area contributed by atoms with Gasteiger partial charge in [0.1, 0.15) is 6.17 Å². The van der Waals surface area contributed by atoms with Crippen molar-refractivity contribution in [2.75, 3.05) is 0 Å². The minimum atomic E-state index is -0.753. The lowest BCUT2D eigenvalue weighted by Crippen LogP contribution is -2.06. The molecule has 0 radical (unpaired) electrons. The molecular formula is C10H16FN. The van der Waals surface area contributed by atoms with E-state index >= 15 is 0 Å². The fraction of sp³-hybridized carbons (Fsp3) is 0.600. The van der Waals surface area contributed by atoms with Gasteiger partial charge in [-0.1, -0.05) is 0 Å². The van der Waals surface area contributed by atoms with Crippen LogP contribution >= 0.6 is 0 Å². The van der Waals surface area contributed by atoms with E-state index in [0.717, 1.165) is 5.69 Å². The Morgan fingerprint density at radius 1 is 1.50 bits per heavy atom. The molecule has 1 atom stereocenters. The van der Waals surface area contributed by atoms with Crippen molar-refractivity contribution >= 4 is 0 Å². The van der Waals surface area contributed by atoms with Crippen LogP contribution in [0, 0.1) is 13.8 Å². The van der Waals surface area contributed by atoms with Crippen molar-refractivity contribution in [3.63, 3.8) is 0 Å². The molecule has 0 bridgehead atoms. The molecule has 1 aromatic heterocycles. The van der Waals surface area contributed by atoms with Crippen LogP contribution in [0.1, 0.15) is 23.9 Å². The number of nitrogens with zero attached hydrogens (tertiary/aromatic N) is 1. The lowest BCUT2D eigenvalue weighted by atomic mass is 10.1. The highest BCUT2D eigenvalue weighted by atomic mass is 19.1. The van der Waals surface area contributed by atoms with Gasteiger partial charge in [0, 0.05) is 24.9 Å². The average Bonchev–Trinajstić information content (AvgIpc) is 2.16. The zero-order valence-corrected chi connectivity index (χ0v) is 8.19. The fourth-order valence-corrected chi connectivity index (χ4v) is 1.54. The summed E-state index contributed by atoms with van der Waals surface area (Å²) < 4.78 is 14.8. The highest BCUT2D eigenvalue weighted by Gasteiger charge is 2.09. The molecule has 0 saturated heterocycles. The van der Waals surface area contributed by atoms with Crippen LogP contribution in [0.2, 0.25) is 0 Å². The topological polar surface area (TPSA) is 4.93 Å². The summed E-state index contributed by atoms with van der Waals surface area (Å²) in [5, 5.41) is 0. The third kappa shape index (κ3) is 1.68. The molecule has 1 heterocycles. The highest BCUT2D eigenvalue weighted by molar-refractivity contribution is 5.26. The lowest BCUT2D eigenvalue weighted by Gasteiger charge is -2.06. The number of halogens is 1. The zero-order chi connectivity index (χ0) is 9.30. The van der Waals surface area contributed by atoms with E-state index in [1.165, 1.54) is 11.3 Å². The minimum Gasteiger partial charge on any atom is -0.352 e. The summed E-state index contributed by atoms with van der Waals surface area (Å²) in [7, 11) is 1.99. The quantitative estimate of drug-likeness (QED) is 0.641. The first-order valence-corrected chi connectivity index (χ1v) is 4.28. The molecule has 12 heavy (non-hydrogen) atoms. The van der Waals surface area contributed by atoms with Crippen LogP contribution in [0.15, 0.2) is 6.07 Å². The Kier molecular flexibility index (Phi) is 2.55. The van der Waals surface area contributed by atoms with Gasteiger partial charge in [-0.2, -0.15) is 0 Å². The maximum absolute atomic E-state index is 12.7. The van der Waals surface area contributed by atoms with Crippen LogP contribution in [0.3, 0.4) is 0 Å². The molecule has 0 aromatic carbocycles. The SMILES string of the molecule is Cc1cc(C)n(C)c1CC(C)F. The number of alkyl halides is 1.